The molecule has 2 rings (SSSR count). The summed E-state index contributed by atoms with van der Waals surface area (Å²) >= 11 is 7.59. The Bertz CT molecular complexity index is 780. The van der Waals surface area contributed by atoms with E-state index in [-0.39, 0.29) is 5.56 Å². The molecular formula is C14H13ClN4OS. The van der Waals surface area contributed by atoms with Gasteiger partial charge in [-0.15, -0.1) is 0 Å². The van der Waals surface area contributed by atoms with Gasteiger partial charge in [-0.2, -0.15) is 5.26 Å². The normalized spacial score (nSPS) is 10.2. The van der Waals surface area contributed by atoms with Crippen molar-refractivity contribution >= 4 is 29.1 Å². The molecule has 0 amide bonds. The first-order chi connectivity index (χ1) is 9.97. The fourth-order valence-electron chi connectivity index (χ4n) is 1.82. The Labute approximate surface area is 131 Å². The fourth-order valence-corrected chi connectivity index (χ4v) is 2.46. The molecule has 1 aromatic heterocycles. The number of benzene rings is 1. The number of anilines is 1. The van der Waals surface area contributed by atoms with E-state index in [0.29, 0.717) is 21.4 Å². The fraction of sp³-hybridized carbons (Fsp3) is 0.214. The molecule has 0 aliphatic rings. The molecule has 5 nitrogen and oxygen atoms in total. The Balaban J connectivity index is 2.69. The van der Waals surface area contributed by atoms with Crippen molar-refractivity contribution in [3.8, 4) is 17.3 Å². The zero-order valence-electron chi connectivity index (χ0n) is 11.8. The first-order valence-electron chi connectivity index (χ1n) is 6.03. The van der Waals surface area contributed by atoms with Crippen LogP contribution in [0.3, 0.4) is 0 Å². The quantitative estimate of drug-likeness (QED) is 0.695. The van der Waals surface area contributed by atoms with Gasteiger partial charge in [0.1, 0.15) is 11.6 Å². The van der Waals surface area contributed by atoms with Crippen LogP contribution in [0.2, 0.25) is 5.02 Å². The predicted molar refractivity (Wildman–Crippen MR) is 86.1 cm³/mol. The number of halogens is 1. The summed E-state index contributed by atoms with van der Waals surface area (Å²) in [5.74, 6) is 0. The molecule has 0 radical (unpaired) electrons. The maximum atomic E-state index is 11.9. The summed E-state index contributed by atoms with van der Waals surface area (Å²) in [6.45, 7) is 0. The van der Waals surface area contributed by atoms with Gasteiger partial charge in [-0.25, -0.2) is 4.98 Å². The molecule has 7 heteroatoms. The van der Waals surface area contributed by atoms with Gasteiger partial charge in [-0.05, 0) is 24.5 Å². The van der Waals surface area contributed by atoms with Crippen LogP contribution in [-0.2, 0) is 0 Å². The maximum Gasteiger partial charge on any atom is 0.270 e. The smallest absolute Gasteiger partial charge is 0.270 e. The first-order valence-corrected chi connectivity index (χ1v) is 7.64. The predicted octanol–water partition coefficient (Wildman–Crippen LogP) is 2.75. The second-order valence-corrected chi connectivity index (χ2v) is 5.67. The number of hydrogen-bond acceptors (Lipinski definition) is 5. The molecule has 108 valence electrons. The Morgan fingerprint density at radius 1 is 1.43 bits per heavy atom. The molecule has 0 saturated carbocycles. The van der Waals surface area contributed by atoms with Crippen molar-refractivity contribution in [1.29, 1.82) is 5.26 Å². The van der Waals surface area contributed by atoms with Crippen LogP contribution >= 0.6 is 23.4 Å². The number of thioether (sulfide) groups is 1. The third kappa shape index (κ3) is 3.04. The highest BCUT2D eigenvalue weighted by Crippen LogP contribution is 2.31. The number of rotatable bonds is 3. The van der Waals surface area contributed by atoms with Crippen LogP contribution in [0.5, 0.6) is 0 Å². The van der Waals surface area contributed by atoms with Crippen molar-refractivity contribution in [3.63, 3.8) is 0 Å². The van der Waals surface area contributed by atoms with Crippen molar-refractivity contribution < 1.29 is 0 Å². The molecule has 0 aliphatic carbocycles. The third-order valence-electron chi connectivity index (χ3n) is 2.93. The Morgan fingerprint density at radius 3 is 2.67 bits per heavy atom. The minimum absolute atomic E-state index is 0.0349. The Hall–Kier alpha value is -1.97. The van der Waals surface area contributed by atoms with E-state index >= 15 is 0 Å². The highest BCUT2D eigenvalue weighted by atomic mass is 35.5. The number of aromatic nitrogens is 2. The Kier molecular flexibility index (Phi) is 4.56. The molecule has 1 aromatic carbocycles. The minimum atomic E-state index is -0.459. The van der Waals surface area contributed by atoms with Crippen molar-refractivity contribution in [2.24, 2.45) is 0 Å². The van der Waals surface area contributed by atoms with Crippen molar-refractivity contribution in [2.45, 2.75) is 5.16 Å². The molecule has 0 atom stereocenters. The van der Waals surface area contributed by atoms with E-state index in [1.165, 1.54) is 11.8 Å². The number of aromatic amines is 1. The Morgan fingerprint density at radius 2 is 2.14 bits per heavy atom. The summed E-state index contributed by atoms with van der Waals surface area (Å²) < 4.78 is 0. The zero-order chi connectivity index (χ0) is 15.6. The average Bonchev–Trinajstić information content (AvgIpc) is 2.46. The van der Waals surface area contributed by atoms with Gasteiger partial charge in [0.25, 0.3) is 5.56 Å². The van der Waals surface area contributed by atoms with Gasteiger partial charge < -0.3 is 9.88 Å². The number of nitrogens with zero attached hydrogens (tertiary/aromatic N) is 3. The largest absolute Gasteiger partial charge is 0.378 e. The first kappa shape index (κ1) is 15.4. The maximum absolute atomic E-state index is 11.9. The lowest BCUT2D eigenvalue weighted by Crippen LogP contribution is -2.15. The van der Waals surface area contributed by atoms with Crippen LogP contribution in [0.15, 0.2) is 28.2 Å². The molecule has 2 aromatic rings. The van der Waals surface area contributed by atoms with E-state index in [9.17, 15) is 10.1 Å². The lowest BCUT2D eigenvalue weighted by Gasteiger charge is -2.14. The lowest BCUT2D eigenvalue weighted by molar-refractivity contribution is 0.937. The van der Waals surface area contributed by atoms with Gasteiger partial charge in [-0.3, -0.25) is 4.79 Å². The molecule has 0 bridgehead atoms. The van der Waals surface area contributed by atoms with Gasteiger partial charge in [0.15, 0.2) is 5.16 Å². The van der Waals surface area contributed by atoms with Gasteiger partial charge in [0.05, 0.1) is 10.7 Å². The van der Waals surface area contributed by atoms with E-state index in [4.69, 9.17) is 11.6 Å². The van der Waals surface area contributed by atoms with Crippen molar-refractivity contribution in [1.82, 2.24) is 9.97 Å². The van der Waals surface area contributed by atoms with Crippen LogP contribution in [0.1, 0.15) is 5.56 Å². The van der Waals surface area contributed by atoms with Crippen molar-refractivity contribution in [3.05, 3.63) is 39.1 Å². The molecule has 0 spiro atoms. The summed E-state index contributed by atoms with van der Waals surface area (Å²) in [5.41, 5.74) is 1.31. The highest BCUT2D eigenvalue weighted by molar-refractivity contribution is 7.98. The second-order valence-electron chi connectivity index (χ2n) is 4.47. The molecule has 0 unspecified atom stereocenters. The second kappa shape index (κ2) is 6.20. The molecule has 0 aliphatic heterocycles. The number of nitrogens with one attached hydrogen (secondary N) is 1. The summed E-state index contributed by atoms with van der Waals surface area (Å²) in [6.07, 6.45) is 1.80. The van der Waals surface area contributed by atoms with Gasteiger partial charge in [0.2, 0.25) is 0 Å². The standard InChI is InChI=1S/C14H13ClN4OS/c1-19(2)8-4-5-9(11(15)6-8)12-10(7-16)13(20)18-14(17-12)21-3/h4-6H,1-3H3,(H,17,18,20). The van der Waals surface area contributed by atoms with E-state index in [1.807, 2.05) is 31.1 Å². The lowest BCUT2D eigenvalue weighted by atomic mass is 10.1. The molecule has 0 saturated heterocycles. The van der Waals surface area contributed by atoms with Gasteiger partial charge in [0, 0.05) is 25.3 Å². The highest BCUT2D eigenvalue weighted by Gasteiger charge is 2.16. The number of hydrogen-bond donors (Lipinski definition) is 1. The van der Waals surface area contributed by atoms with Crippen molar-refractivity contribution in [2.75, 3.05) is 25.3 Å². The van der Waals surface area contributed by atoms with E-state index in [1.54, 1.807) is 18.4 Å². The molecular weight excluding hydrogens is 308 g/mol. The molecule has 1 heterocycles. The summed E-state index contributed by atoms with van der Waals surface area (Å²) in [6, 6.07) is 7.30. The zero-order valence-corrected chi connectivity index (χ0v) is 13.3. The number of H-pyrrole nitrogens is 1. The summed E-state index contributed by atoms with van der Waals surface area (Å²) in [5, 5.41) is 10.1. The van der Waals surface area contributed by atoms with E-state index < -0.39 is 5.56 Å². The topological polar surface area (TPSA) is 72.8 Å². The minimum Gasteiger partial charge on any atom is -0.378 e. The third-order valence-corrected chi connectivity index (χ3v) is 3.82. The molecule has 21 heavy (non-hydrogen) atoms. The van der Waals surface area contributed by atoms with Crippen LogP contribution < -0.4 is 10.5 Å². The van der Waals surface area contributed by atoms with E-state index in [0.717, 1.165) is 5.69 Å². The SMILES string of the molecule is CSc1nc(-c2ccc(N(C)C)cc2Cl)c(C#N)c(=O)[nH]1. The van der Waals surface area contributed by atoms with Crippen LogP contribution in [-0.4, -0.2) is 30.3 Å². The molecule has 0 fully saturated rings. The monoisotopic (exact) mass is 320 g/mol. The van der Waals surface area contributed by atoms with Crippen LogP contribution in [0.4, 0.5) is 5.69 Å². The summed E-state index contributed by atoms with van der Waals surface area (Å²) in [7, 11) is 3.81. The van der Waals surface area contributed by atoms with Gasteiger partial charge >= 0.3 is 0 Å². The van der Waals surface area contributed by atoms with Crippen LogP contribution in [0.25, 0.3) is 11.3 Å². The van der Waals surface area contributed by atoms with Crippen LogP contribution in [0, 0.1) is 11.3 Å². The molecule has 1 N–H and O–H groups in total. The van der Waals surface area contributed by atoms with E-state index in [2.05, 4.69) is 9.97 Å². The number of nitriles is 1. The summed E-state index contributed by atoms with van der Waals surface area (Å²) in [4.78, 5) is 20.7. The van der Waals surface area contributed by atoms with Gasteiger partial charge in [-0.1, -0.05) is 23.4 Å². The average molecular weight is 321 g/mol.